The Kier molecular flexibility index (Phi) is 6.02. The summed E-state index contributed by atoms with van der Waals surface area (Å²) in [7, 11) is -3.52. The Balaban J connectivity index is 1.58. The van der Waals surface area contributed by atoms with Crippen molar-refractivity contribution in [3.05, 3.63) is 83.1 Å². The van der Waals surface area contributed by atoms with E-state index < -0.39 is 10.0 Å². The summed E-state index contributed by atoms with van der Waals surface area (Å²) in [5.41, 5.74) is 2.27. The average molecular weight is 441 g/mol. The number of sulfonamides is 1. The molecule has 162 valence electrons. The Morgan fingerprint density at radius 1 is 0.903 bits per heavy atom. The molecule has 0 radical (unpaired) electrons. The molecule has 1 fully saturated rings. The number of benzene rings is 2. The second kappa shape index (κ2) is 8.72. The molecule has 6 nitrogen and oxygen atoms in total. The van der Waals surface area contributed by atoms with Gasteiger partial charge in [-0.1, -0.05) is 36.4 Å². The maximum absolute atomic E-state index is 14.3. The lowest BCUT2D eigenvalue weighted by molar-refractivity contribution is 0.383. The van der Waals surface area contributed by atoms with E-state index in [-0.39, 0.29) is 5.82 Å². The van der Waals surface area contributed by atoms with Crippen molar-refractivity contribution in [2.45, 2.75) is 25.2 Å². The van der Waals surface area contributed by atoms with E-state index in [1.165, 1.54) is 10.4 Å². The summed E-state index contributed by atoms with van der Waals surface area (Å²) in [6.07, 6.45) is 0.386. The minimum atomic E-state index is -3.52. The smallest absolute Gasteiger partial charge is 0.243 e. The van der Waals surface area contributed by atoms with Crippen LogP contribution in [-0.4, -0.2) is 48.9 Å². The summed E-state index contributed by atoms with van der Waals surface area (Å²) in [6.45, 7) is 5.47. The maximum Gasteiger partial charge on any atom is 0.243 e. The van der Waals surface area contributed by atoms with Gasteiger partial charge in [0.05, 0.1) is 4.90 Å². The van der Waals surface area contributed by atoms with E-state index in [2.05, 4.69) is 14.9 Å². The molecule has 0 bridgehead atoms. The second-order valence-electron chi connectivity index (χ2n) is 7.63. The Bertz CT molecular complexity index is 1180. The van der Waals surface area contributed by atoms with Crippen LogP contribution in [0, 0.1) is 19.7 Å². The van der Waals surface area contributed by atoms with Gasteiger partial charge in [-0.15, -0.1) is 0 Å². The highest BCUT2D eigenvalue weighted by Gasteiger charge is 2.30. The van der Waals surface area contributed by atoms with E-state index in [1.54, 1.807) is 42.5 Å². The van der Waals surface area contributed by atoms with Crippen LogP contribution in [0.4, 0.5) is 10.2 Å². The Labute approximate surface area is 182 Å². The zero-order valence-electron chi connectivity index (χ0n) is 17.6. The van der Waals surface area contributed by atoms with E-state index >= 15 is 0 Å². The van der Waals surface area contributed by atoms with Gasteiger partial charge in [0.2, 0.25) is 10.0 Å². The van der Waals surface area contributed by atoms with Crippen LogP contribution >= 0.6 is 0 Å². The molecule has 0 N–H and O–H groups in total. The van der Waals surface area contributed by atoms with Crippen molar-refractivity contribution >= 4 is 15.8 Å². The highest BCUT2D eigenvalue weighted by molar-refractivity contribution is 7.89. The Hall–Kier alpha value is -2.84. The number of halogens is 1. The van der Waals surface area contributed by atoms with Crippen molar-refractivity contribution in [1.82, 2.24) is 14.3 Å². The molecular formula is C23H25FN4O2S. The van der Waals surface area contributed by atoms with Crippen LogP contribution in [0.1, 0.15) is 22.6 Å². The van der Waals surface area contributed by atoms with Gasteiger partial charge >= 0.3 is 0 Å². The van der Waals surface area contributed by atoms with Crippen LogP contribution < -0.4 is 4.90 Å². The number of anilines is 1. The molecule has 0 atom stereocenters. The van der Waals surface area contributed by atoms with Gasteiger partial charge in [-0.05, 0) is 37.6 Å². The summed E-state index contributed by atoms with van der Waals surface area (Å²) in [5, 5.41) is 0. The van der Waals surface area contributed by atoms with Gasteiger partial charge < -0.3 is 4.90 Å². The third kappa shape index (κ3) is 4.45. The van der Waals surface area contributed by atoms with E-state index in [0.29, 0.717) is 48.9 Å². The summed E-state index contributed by atoms with van der Waals surface area (Å²) in [4.78, 5) is 11.5. The van der Waals surface area contributed by atoms with Gasteiger partial charge in [0.1, 0.15) is 17.5 Å². The zero-order valence-corrected chi connectivity index (χ0v) is 18.4. The SMILES string of the molecule is Cc1nc(C)c(Cc2ccccc2F)c(N2CCN(S(=O)(=O)c3ccccc3)CC2)n1. The number of nitrogens with zero attached hydrogens (tertiary/aromatic N) is 4. The predicted molar refractivity (Wildman–Crippen MR) is 118 cm³/mol. The van der Waals surface area contributed by atoms with Crippen molar-refractivity contribution in [3.63, 3.8) is 0 Å². The molecule has 0 spiro atoms. The predicted octanol–water partition coefficient (Wildman–Crippen LogP) is 3.33. The van der Waals surface area contributed by atoms with Crippen LogP contribution in [0.3, 0.4) is 0 Å². The molecule has 8 heteroatoms. The minimum absolute atomic E-state index is 0.257. The molecule has 3 aromatic rings. The summed E-state index contributed by atoms with van der Waals surface area (Å²) in [6, 6.07) is 15.2. The molecule has 0 saturated carbocycles. The quantitative estimate of drug-likeness (QED) is 0.609. The first-order chi connectivity index (χ1) is 14.9. The standard InChI is InChI=1S/C23H25FN4O2S/c1-17-21(16-19-8-6-7-11-22(19)24)23(26-18(2)25-17)27-12-14-28(15-13-27)31(29,30)20-9-4-3-5-10-20/h3-11H,12-16H2,1-2H3. The highest BCUT2D eigenvalue weighted by atomic mass is 32.2. The number of hydrogen-bond acceptors (Lipinski definition) is 5. The number of aromatic nitrogens is 2. The third-order valence-corrected chi connectivity index (χ3v) is 7.46. The molecule has 4 rings (SSSR count). The van der Waals surface area contributed by atoms with Gasteiger partial charge in [0.25, 0.3) is 0 Å². The van der Waals surface area contributed by atoms with Crippen molar-refractivity contribution in [2.75, 3.05) is 31.1 Å². The van der Waals surface area contributed by atoms with Crippen LogP contribution in [0.25, 0.3) is 0 Å². The average Bonchev–Trinajstić information content (AvgIpc) is 2.77. The molecule has 0 unspecified atom stereocenters. The lowest BCUT2D eigenvalue weighted by Gasteiger charge is -2.36. The first-order valence-electron chi connectivity index (χ1n) is 10.2. The topological polar surface area (TPSA) is 66.4 Å². The van der Waals surface area contributed by atoms with Crippen molar-refractivity contribution < 1.29 is 12.8 Å². The fourth-order valence-corrected chi connectivity index (χ4v) is 5.34. The molecule has 2 aromatic carbocycles. The highest BCUT2D eigenvalue weighted by Crippen LogP contribution is 2.27. The van der Waals surface area contributed by atoms with Gasteiger partial charge in [0.15, 0.2) is 0 Å². The van der Waals surface area contributed by atoms with Gasteiger partial charge in [0, 0.05) is 43.9 Å². The summed E-state index contributed by atoms with van der Waals surface area (Å²) < 4.78 is 41.6. The molecule has 1 aliphatic heterocycles. The molecule has 1 aliphatic rings. The fraction of sp³-hybridized carbons (Fsp3) is 0.304. The first kappa shape index (κ1) is 21.4. The van der Waals surface area contributed by atoms with E-state index in [4.69, 9.17) is 0 Å². The van der Waals surface area contributed by atoms with E-state index in [0.717, 1.165) is 17.1 Å². The van der Waals surface area contributed by atoms with Crippen LogP contribution in [0.2, 0.25) is 0 Å². The van der Waals surface area contributed by atoms with Crippen LogP contribution in [-0.2, 0) is 16.4 Å². The van der Waals surface area contributed by atoms with Gasteiger partial charge in [-0.2, -0.15) is 4.31 Å². The zero-order chi connectivity index (χ0) is 22.0. The Morgan fingerprint density at radius 2 is 1.55 bits per heavy atom. The number of rotatable bonds is 5. The van der Waals surface area contributed by atoms with Gasteiger partial charge in [-0.3, -0.25) is 0 Å². The van der Waals surface area contributed by atoms with E-state index in [9.17, 15) is 12.8 Å². The normalized spacial score (nSPS) is 15.3. The molecule has 0 aliphatic carbocycles. The van der Waals surface area contributed by atoms with Crippen molar-refractivity contribution in [3.8, 4) is 0 Å². The summed E-state index contributed by atoms with van der Waals surface area (Å²) >= 11 is 0. The number of hydrogen-bond donors (Lipinski definition) is 0. The second-order valence-corrected chi connectivity index (χ2v) is 9.57. The third-order valence-electron chi connectivity index (χ3n) is 5.55. The Morgan fingerprint density at radius 3 is 2.23 bits per heavy atom. The lowest BCUT2D eigenvalue weighted by Crippen LogP contribution is -2.49. The maximum atomic E-state index is 14.3. The van der Waals surface area contributed by atoms with Gasteiger partial charge in [-0.25, -0.2) is 22.8 Å². The molecular weight excluding hydrogens is 415 g/mol. The lowest BCUT2D eigenvalue weighted by atomic mass is 10.0. The van der Waals surface area contributed by atoms with E-state index in [1.807, 2.05) is 19.9 Å². The minimum Gasteiger partial charge on any atom is -0.354 e. The number of aryl methyl sites for hydroxylation is 2. The van der Waals surface area contributed by atoms with Crippen LogP contribution in [0.15, 0.2) is 59.5 Å². The molecule has 31 heavy (non-hydrogen) atoms. The molecule has 1 aromatic heterocycles. The van der Waals surface area contributed by atoms with Crippen LogP contribution in [0.5, 0.6) is 0 Å². The first-order valence-corrected chi connectivity index (χ1v) is 11.7. The number of piperazine rings is 1. The summed E-state index contributed by atoms with van der Waals surface area (Å²) in [5.74, 6) is 1.14. The molecule has 0 amide bonds. The fourth-order valence-electron chi connectivity index (χ4n) is 3.90. The largest absolute Gasteiger partial charge is 0.354 e. The molecule has 1 saturated heterocycles. The van der Waals surface area contributed by atoms with Crippen molar-refractivity contribution in [2.24, 2.45) is 0 Å². The van der Waals surface area contributed by atoms with Crippen molar-refractivity contribution in [1.29, 1.82) is 0 Å². The monoisotopic (exact) mass is 440 g/mol. The molecule has 2 heterocycles.